The predicted molar refractivity (Wildman–Crippen MR) is 284 cm³/mol. The average molecular weight is 928 g/mol. The van der Waals surface area contributed by atoms with Gasteiger partial charge < -0.3 is 14.2 Å². The third kappa shape index (κ3) is 52.6. The molecule has 0 rings (SSSR count). The highest BCUT2D eigenvalue weighted by Crippen LogP contribution is 2.15. The van der Waals surface area contributed by atoms with Gasteiger partial charge in [-0.3, -0.25) is 14.4 Å². The standard InChI is InChI=1S/C60H110O6/c1-4-7-10-13-16-19-22-25-28-30-31-33-35-38-41-44-47-50-53-59(62)65-56-57(55-64-58(61)52-49-46-43-40-37-34-27-24-21-18-15-12-9-6-3)66-60(63)54-51-48-45-42-39-36-32-29-26-23-20-17-14-11-8-5-2/h24,27-30,32,57H,4-23,25-26,31,33-56H2,1-3H3/b27-24-,30-28-,32-29-. The van der Waals surface area contributed by atoms with E-state index in [2.05, 4.69) is 57.2 Å². The smallest absolute Gasteiger partial charge is 0.306 e. The van der Waals surface area contributed by atoms with E-state index in [1.54, 1.807) is 0 Å². The Hall–Kier alpha value is -2.37. The molecule has 0 heterocycles. The Balaban J connectivity index is 4.37. The van der Waals surface area contributed by atoms with Gasteiger partial charge in [-0.25, -0.2) is 0 Å². The second-order valence-corrected chi connectivity index (χ2v) is 19.5. The van der Waals surface area contributed by atoms with Crippen molar-refractivity contribution in [3.8, 4) is 0 Å². The van der Waals surface area contributed by atoms with Crippen LogP contribution >= 0.6 is 0 Å². The van der Waals surface area contributed by atoms with Gasteiger partial charge in [-0.15, -0.1) is 0 Å². The molecular formula is C60H110O6. The third-order valence-electron chi connectivity index (χ3n) is 12.8. The Morgan fingerprint density at radius 3 is 0.758 bits per heavy atom. The summed E-state index contributed by atoms with van der Waals surface area (Å²) in [5, 5.41) is 0. The van der Waals surface area contributed by atoms with E-state index in [1.807, 2.05) is 0 Å². The van der Waals surface area contributed by atoms with Crippen LogP contribution in [0, 0.1) is 0 Å². The van der Waals surface area contributed by atoms with Crippen LogP contribution in [0.5, 0.6) is 0 Å². The quantitative estimate of drug-likeness (QED) is 0.0262. The number of carbonyl (C=O) groups excluding carboxylic acids is 3. The van der Waals surface area contributed by atoms with Gasteiger partial charge in [0.2, 0.25) is 0 Å². The lowest BCUT2D eigenvalue weighted by Crippen LogP contribution is -2.30. The number of carbonyl (C=O) groups is 3. The van der Waals surface area contributed by atoms with Crippen molar-refractivity contribution < 1.29 is 28.6 Å². The largest absolute Gasteiger partial charge is 0.462 e. The molecular weight excluding hydrogens is 817 g/mol. The van der Waals surface area contributed by atoms with Crippen LogP contribution < -0.4 is 0 Å². The third-order valence-corrected chi connectivity index (χ3v) is 12.8. The number of ether oxygens (including phenoxy) is 3. The van der Waals surface area contributed by atoms with Crippen LogP contribution in [0.25, 0.3) is 0 Å². The summed E-state index contributed by atoms with van der Waals surface area (Å²) >= 11 is 0. The summed E-state index contributed by atoms with van der Waals surface area (Å²) in [6.07, 6.45) is 65.6. The summed E-state index contributed by atoms with van der Waals surface area (Å²) < 4.78 is 16.9. The summed E-state index contributed by atoms with van der Waals surface area (Å²) in [7, 11) is 0. The molecule has 1 atom stereocenters. The lowest BCUT2D eigenvalue weighted by molar-refractivity contribution is -0.167. The molecule has 0 aliphatic heterocycles. The van der Waals surface area contributed by atoms with Gasteiger partial charge in [-0.05, 0) is 96.3 Å². The first-order valence-electron chi connectivity index (χ1n) is 29.0. The van der Waals surface area contributed by atoms with Gasteiger partial charge in [0.15, 0.2) is 6.10 Å². The fourth-order valence-electron chi connectivity index (χ4n) is 8.43. The van der Waals surface area contributed by atoms with E-state index < -0.39 is 6.10 Å². The topological polar surface area (TPSA) is 78.9 Å². The van der Waals surface area contributed by atoms with Crippen LogP contribution in [-0.4, -0.2) is 37.2 Å². The number of rotatable bonds is 53. The van der Waals surface area contributed by atoms with Crippen molar-refractivity contribution in [2.75, 3.05) is 13.2 Å². The molecule has 0 saturated heterocycles. The van der Waals surface area contributed by atoms with E-state index in [0.717, 1.165) is 70.6 Å². The Labute approximate surface area is 410 Å². The van der Waals surface area contributed by atoms with Gasteiger partial charge in [-0.2, -0.15) is 0 Å². The summed E-state index contributed by atoms with van der Waals surface area (Å²) in [5.41, 5.74) is 0. The van der Waals surface area contributed by atoms with Crippen LogP contribution in [0.1, 0.15) is 310 Å². The lowest BCUT2D eigenvalue weighted by atomic mass is 10.1. The van der Waals surface area contributed by atoms with Crippen LogP contribution in [-0.2, 0) is 28.6 Å². The molecule has 0 fully saturated rings. The summed E-state index contributed by atoms with van der Waals surface area (Å²) in [6, 6.07) is 0. The molecule has 0 aliphatic carbocycles. The minimum absolute atomic E-state index is 0.0782. The Bertz CT molecular complexity index is 1110. The Morgan fingerprint density at radius 2 is 0.500 bits per heavy atom. The first kappa shape index (κ1) is 63.6. The first-order valence-corrected chi connectivity index (χ1v) is 29.0. The van der Waals surface area contributed by atoms with Crippen LogP contribution in [0.2, 0.25) is 0 Å². The zero-order valence-electron chi connectivity index (χ0n) is 44.2. The van der Waals surface area contributed by atoms with Gasteiger partial charge in [0.25, 0.3) is 0 Å². The van der Waals surface area contributed by atoms with Crippen molar-refractivity contribution >= 4 is 17.9 Å². The number of allylic oxidation sites excluding steroid dienone is 6. The molecule has 0 N–H and O–H groups in total. The summed E-state index contributed by atoms with van der Waals surface area (Å²) in [4.78, 5) is 38.1. The maximum Gasteiger partial charge on any atom is 0.306 e. The minimum Gasteiger partial charge on any atom is -0.462 e. The first-order chi connectivity index (χ1) is 32.5. The van der Waals surface area contributed by atoms with Crippen LogP contribution in [0.15, 0.2) is 36.5 Å². The van der Waals surface area contributed by atoms with Gasteiger partial charge >= 0.3 is 17.9 Å². The molecule has 0 aliphatic rings. The van der Waals surface area contributed by atoms with Crippen molar-refractivity contribution in [3.05, 3.63) is 36.5 Å². The minimum atomic E-state index is -0.780. The van der Waals surface area contributed by atoms with Gasteiger partial charge in [0, 0.05) is 19.3 Å². The van der Waals surface area contributed by atoms with E-state index in [1.165, 1.54) is 199 Å². The zero-order chi connectivity index (χ0) is 47.9. The van der Waals surface area contributed by atoms with Crippen molar-refractivity contribution in [2.45, 2.75) is 316 Å². The summed E-state index contributed by atoms with van der Waals surface area (Å²) in [5.74, 6) is -0.884. The molecule has 6 heteroatoms. The Kier molecular flexibility index (Phi) is 53.2. The molecule has 0 aromatic heterocycles. The molecule has 0 spiro atoms. The average Bonchev–Trinajstić information content (AvgIpc) is 3.31. The molecule has 0 aromatic carbocycles. The fourth-order valence-corrected chi connectivity index (χ4v) is 8.43. The van der Waals surface area contributed by atoms with E-state index in [4.69, 9.17) is 14.2 Å². The second-order valence-electron chi connectivity index (χ2n) is 19.5. The van der Waals surface area contributed by atoms with Gasteiger partial charge in [-0.1, -0.05) is 231 Å². The fraction of sp³-hybridized carbons (Fsp3) is 0.850. The molecule has 0 radical (unpaired) electrons. The highest BCUT2D eigenvalue weighted by atomic mass is 16.6. The highest BCUT2D eigenvalue weighted by Gasteiger charge is 2.19. The number of unbranched alkanes of at least 4 members (excludes halogenated alkanes) is 36. The normalized spacial score (nSPS) is 12.2. The summed E-state index contributed by atoms with van der Waals surface area (Å²) in [6.45, 7) is 6.64. The second kappa shape index (κ2) is 55.2. The van der Waals surface area contributed by atoms with E-state index in [0.29, 0.717) is 19.3 Å². The van der Waals surface area contributed by atoms with E-state index in [9.17, 15) is 14.4 Å². The van der Waals surface area contributed by atoms with E-state index in [-0.39, 0.29) is 31.1 Å². The highest BCUT2D eigenvalue weighted by molar-refractivity contribution is 5.71. The molecule has 0 amide bonds. The van der Waals surface area contributed by atoms with Crippen molar-refractivity contribution in [1.82, 2.24) is 0 Å². The van der Waals surface area contributed by atoms with Crippen molar-refractivity contribution in [3.63, 3.8) is 0 Å². The number of esters is 3. The maximum absolute atomic E-state index is 12.8. The number of hydrogen-bond donors (Lipinski definition) is 0. The lowest BCUT2D eigenvalue weighted by Gasteiger charge is -2.18. The van der Waals surface area contributed by atoms with E-state index >= 15 is 0 Å². The van der Waals surface area contributed by atoms with Gasteiger partial charge in [0.05, 0.1) is 0 Å². The molecule has 1 unspecified atom stereocenters. The van der Waals surface area contributed by atoms with Crippen molar-refractivity contribution in [1.29, 1.82) is 0 Å². The predicted octanol–water partition coefficient (Wildman–Crippen LogP) is 19.3. The molecule has 0 bridgehead atoms. The SMILES string of the molecule is CCCCCCC/C=C\CCCCCCCC(=O)OCC(COC(=O)CCCCCCCCC/C=C\CCCCCCCCC)OC(=O)CCCCCCC/C=C\CCCCCCCCC. The molecule has 6 nitrogen and oxygen atoms in total. The monoisotopic (exact) mass is 927 g/mol. The van der Waals surface area contributed by atoms with Gasteiger partial charge in [0.1, 0.15) is 13.2 Å². The molecule has 0 saturated carbocycles. The Morgan fingerprint density at radius 1 is 0.288 bits per heavy atom. The number of hydrogen-bond acceptors (Lipinski definition) is 6. The molecule has 386 valence electrons. The zero-order valence-corrected chi connectivity index (χ0v) is 44.2. The van der Waals surface area contributed by atoms with Crippen LogP contribution in [0.3, 0.4) is 0 Å². The molecule has 0 aromatic rings. The van der Waals surface area contributed by atoms with Crippen molar-refractivity contribution in [2.24, 2.45) is 0 Å². The van der Waals surface area contributed by atoms with Crippen LogP contribution in [0.4, 0.5) is 0 Å². The maximum atomic E-state index is 12.8. The molecule has 66 heavy (non-hydrogen) atoms.